The fraction of sp³-hybridized carbons (Fsp3) is 0.350. The van der Waals surface area contributed by atoms with Crippen molar-refractivity contribution in [3.63, 3.8) is 0 Å². The van der Waals surface area contributed by atoms with E-state index in [0.29, 0.717) is 5.69 Å². The van der Waals surface area contributed by atoms with E-state index >= 15 is 0 Å². The third-order valence-corrected chi connectivity index (χ3v) is 5.72. The molecule has 0 aromatic heterocycles. The van der Waals surface area contributed by atoms with E-state index < -0.39 is 10.0 Å². The highest BCUT2D eigenvalue weighted by atomic mass is 32.2. The Morgan fingerprint density at radius 1 is 1.11 bits per heavy atom. The molecule has 4 N–H and O–H groups in total. The van der Waals surface area contributed by atoms with Crippen molar-refractivity contribution in [1.29, 1.82) is 0 Å². The third kappa shape index (κ3) is 5.79. The number of nitrogens with zero attached hydrogens (tertiary/aromatic N) is 1. The summed E-state index contributed by atoms with van der Waals surface area (Å²) in [5, 5.41) is 7.93. The van der Waals surface area contributed by atoms with E-state index in [4.69, 9.17) is 5.14 Å². The number of benzene rings is 2. The van der Waals surface area contributed by atoms with Crippen molar-refractivity contribution in [2.45, 2.75) is 31.3 Å². The Kier molecular flexibility index (Phi) is 7.17. The highest BCUT2D eigenvalue weighted by molar-refractivity contribution is 7.89. The van der Waals surface area contributed by atoms with Crippen molar-refractivity contribution >= 4 is 27.3 Å². The number of quaternary nitrogens is 1. The van der Waals surface area contributed by atoms with Crippen LogP contribution in [0.3, 0.4) is 0 Å². The molecule has 0 fully saturated rings. The van der Waals surface area contributed by atoms with Gasteiger partial charge in [-0.25, -0.2) is 13.6 Å². The van der Waals surface area contributed by atoms with Gasteiger partial charge in [-0.15, -0.1) is 0 Å². The second-order valence-corrected chi connectivity index (χ2v) is 8.59. The number of rotatable bonds is 8. The molecule has 1 unspecified atom stereocenters. The summed E-state index contributed by atoms with van der Waals surface area (Å²) in [6.45, 7) is 5.48. The molecule has 28 heavy (non-hydrogen) atoms. The van der Waals surface area contributed by atoms with Crippen LogP contribution in [0.4, 0.5) is 11.4 Å². The topological polar surface area (TPSA) is 96.9 Å². The highest BCUT2D eigenvalue weighted by Gasteiger charge is 2.24. The van der Waals surface area contributed by atoms with Crippen LogP contribution in [0, 0.1) is 0 Å². The Hall–Kier alpha value is -2.42. The summed E-state index contributed by atoms with van der Waals surface area (Å²) in [6, 6.07) is 13.9. The average molecular weight is 406 g/mol. The van der Waals surface area contributed by atoms with Gasteiger partial charge in [0.05, 0.1) is 11.4 Å². The SMILES string of the molecule is CC[NH+](Cc1ccc(N(C)C)cc1)[C@H](C)C(=O)Nc1ccc(S(N)(=O)=O)cc1. The number of amides is 1. The van der Waals surface area contributed by atoms with Gasteiger partial charge in [-0.3, -0.25) is 4.79 Å². The number of nitrogens with one attached hydrogen (secondary N) is 2. The Morgan fingerprint density at radius 2 is 1.68 bits per heavy atom. The minimum Gasteiger partial charge on any atom is -0.378 e. The second kappa shape index (κ2) is 9.18. The Morgan fingerprint density at radius 3 is 2.14 bits per heavy atom. The van der Waals surface area contributed by atoms with Gasteiger partial charge in [0.15, 0.2) is 6.04 Å². The summed E-state index contributed by atoms with van der Waals surface area (Å²) in [5.41, 5.74) is 2.84. The molecule has 0 aliphatic heterocycles. The van der Waals surface area contributed by atoms with Crippen molar-refractivity contribution in [2.24, 2.45) is 5.14 Å². The minimum absolute atomic E-state index is 0.0144. The van der Waals surface area contributed by atoms with E-state index in [1.54, 1.807) is 0 Å². The van der Waals surface area contributed by atoms with Gasteiger partial charge in [-0.2, -0.15) is 0 Å². The highest BCUT2D eigenvalue weighted by Crippen LogP contribution is 2.13. The van der Waals surface area contributed by atoms with Crippen molar-refractivity contribution < 1.29 is 18.1 Å². The molecule has 2 rings (SSSR count). The lowest BCUT2D eigenvalue weighted by Crippen LogP contribution is -3.15. The molecule has 7 nitrogen and oxygen atoms in total. The van der Waals surface area contributed by atoms with Gasteiger partial charge in [0.1, 0.15) is 6.54 Å². The van der Waals surface area contributed by atoms with Gasteiger partial charge in [0.2, 0.25) is 10.0 Å². The summed E-state index contributed by atoms with van der Waals surface area (Å²) < 4.78 is 22.6. The number of nitrogens with two attached hydrogens (primary N) is 1. The molecule has 2 atom stereocenters. The first-order valence-electron chi connectivity index (χ1n) is 9.16. The van der Waals surface area contributed by atoms with E-state index in [-0.39, 0.29) is 16.8 Å². The average Bonchev–Trinajstić information content (AvgIpc) is 2.65. The number of carbonyl (C=O) groups excluding carboxylic acids is 1. The van der Waals surface area contributed by atoms with Crippen molar-refractivity contribution in [2.75, 3.05) is 30.9 Å². The zero-order valence-electron chi connectivity index (χ0n) is 16.8. The molecule has 2 aromatic rings. The lowest BCUT2D eigenvalue weighted by molar-refractivity contribution is -0.925. The van der Waals surface area contributed by atoms with Crippen LogP contribution < -0.4 is 20.3 Å². The normalized spacial score (nSPS) is 13.6. The molecular formula is C20H29N4O3S+. The van der Waals surface area contributed by atoms with E-state index in [9.17, 15) is 13.2 Å². The van der Waals surface area contributed by atoms with Crippen LogP contribution in [0.1, 0.15) is 19.4 Å². The number of hydrogen-bond donors (Lipinski definition) is 3. The molecule has 0 aliphatic carbocycles. The third-order valence-electron chi connectivity index (χ3n) is 4.79. The molecule has 152 valence electrons. The fourth-order valence-electron chi connectivity index (χ4n) is 2.92. The summed E-state index contributed by atoms with van der Waals surface area (Å²) in [6.07, 6.45) is 0. The summed E-state index contributed by atoms with van der Waals surface area (Å²) in [5.74, 6) is -0.120. The maximum absolute atomic E-state index is 12.6. The number of primary sulfonamides is 1. The number of carbonyl (C=O) groups is 1. The smallest absolute Gasteiger partial charge is 0.282 e. The number of anilines is 2. The van der Waals surface area contributed by atoms with Crippen LogP contribution in [0.2, 0.25) is 0 Å². The van der Waals surface area contributed by atoms with Gasteiger partial charge >= 0.3 is 0 Å². The molecule has 0 radical (unpaired) electrons. The monoisotopic (exact) mass is 405 g/mol. The molecule has 0 spiro atoms. The molecule has 2 aromatic carbocycles. The summed E-state index contributed by atoms with van der Waals surface area (Å²) in [7, 11) is 0.256. The van der Waals surface area contributed by atoms with Gasteiger partial charge < -0.3 is 15.1 Å². The van der Waals surface area contributed by atoms with Gasteiger partial charge in [0, 0.05) is 31.0 Å². The van der Waals surface area contributed by atoms with Crippen LogP contribution in [0.15, 0.2) is 53.4 Å². The first-order chi connectivity index (χ1) is 13.1. The van der Waals surface area contributed by atoms with E-state index in [1.165, 1.54) is 29.8 Å². The van der Waals surface area contributed by atoms with Crippen molar-refractivity contribution in [3.8, 4) is 0 Å². The molecule has 8 heteroatoms. The largest absolute Gasteiger partial charge is 0.378 e. The molecule has 0 aliphatic rings. The molecular weight excluding hydrogens is 376 g/mol. The number of likely N-dealkylation sites (N-methyl/N-ethyl adjacent to an activating group) is 1. The maximum atomic E-state index is 12.6. The predicted molar refractivity (Wildman–Crippen MR) is 112 cm³/mol. The predicted octanol–water partition coefficient (Wildman–Crippen LogP) is 0.832. The molecule has 0 saturated carbocycles. The molecule has 0 bridgehead atoms. The lowest BCUT2D eigenvalue weighted by Gasteiger charge is -2.24. The van der Waals surface area contributed by atoms with Crippen LogP contribution in [0.5, 0.6) is 0 Å². The van der Waals surface area contributed by atoms with E-state index in [2.05, 4.69) is 29.6 Å². The fourth-order valence-corrected chi connectivity index (χ4v) is 3.44. The van der Waals surface area contributed by atoms with Crippen molar-refractivity contribution in [3.05, 3.63) is 54.1 Å². The molecule has 1 amide bonds. The zero-order valence-corrected chi connectivity index (χ0v) is 17.6. The zero-order chi connectivity index (χ0) is 20.9. The van der Waals surface area contributed by atoms with Crippen LogP contribution >= 0.6 is 0 Å². The molecule has 0 heterocycles. The first-order valence-corrected chi connectivity index (χ1v) is 10.7. The Bertz CT molecular complexity index is 894. The second-order valence-electron chi connectivity index (χ2n) is 7.03. The first kappa shape index (κ1) is 21.9. The van der Waals surface area contributed by atoms with Gasteiger partial charge in [-0.05, 0) is 50.2 Å². The van der Waals surface area contributed by atoms with Gasteiger partial charge in [0.25, 0.3) is 5.91 Å². The summed E-state index contributed by atoms with van der Waals surface area (Å²) >= 11 is 0. The Balaban J connectivity index is 2.03. The van der Waals surface area contributed by atoms with Crippen molar-refractivity contribution in [1.82, 2.24) is 0 Å². The lowest BCUT2D eigenvalue weighted by atomic mass is 10.1. The van der Waals surface area contributed by atoms with E-state index in [0.717, 1.165) is 23.7 Å². The van der Waals surface area contributed by atoms with Crippen LogP contribution in [-0.2, 0) is 21.4 Å². The van der Waals surface area contributed by atoms with E-state index in [1.807, 2.05) is 32.8 Å². The summed E-state index contributed by atoms with van der Waals surface area (Å²) in [4.78, 5) is 15.8. The van der Waals surface area contributed by atoms with Crippen LogP contribution in [0.25, 0.3) is 0 Å². The number of hydrogen-bond acceptors (Lipinski definition) is 4. The van der Waals surface area contributed by atoms with Crippen LogP contribution in [-0.4, -0.2) is 41.0 Å². The molecule has 0 saturated heterocycles. The maximum Gasteiger partial charge on any atom is 0.282 e. The Labute approximate surface area is 167 Å². The minimum atomic E-state index is -3.74. The number of sulfonamides is 1. The van der Waals surface area contributed by atoms with Gasteiger partial charge in [-0.1, -0.05) is 12.1 Å². The quantitative estimate of drug-likeness (QED) is 0.606. The standard InChI is InChI=1S/C20H28N4O3S/c1-5-24(14-16-6-10-18(11-7-16)23(3)4)15(2)20(25)22-17-8-12-19(13-9-17)28(21,26)27/h6-13,15H,5,14H2,1-4H3,(H,22,25)(H2,21,26,27)/p+1/t15-/m1/s1.